The van der Waals surface area contributed by atoms with Crippen molar-refractivity contribution < 1.29 is 9.59 Å². The van der Waals surface area contributed by atoms with Crippen LogP contribution >= 0.6 is 0 Å². The third kappa shape index (κ3) is 3.29. The van der Waals surface area contributed by atoms with Gasteiger partial charge in [0.15, 0.2) is 0 Å². The second-order valence-corrected chi connectivity index (χ2v) is 5.03. The number of nitrogens with zero attached hydrogens (tertiary/aromatic N) is 1. The first-order valence-corrected chi connectivity index (χ1v) is 7.07. The molecule has 108 valence electrons. The van der Waals surface area contributed by atoms with Gasteiger partial charge in [-0.2, -0.15) is 0 Å². The lowest BCUT2D eigenvalue weighted by molar-refractivity contribution is -0.117. The monoisotopic (exact) mass is 275 g/mol. The molecule has 2 N–H and O–H groups in total. The van der Waals surface area contributed by atoms with Crippen molar-refractivity contribution in [2.45, 2.75) is 33.1 Å². The van der Waals surface area contributed by atoms with Crippen molar-refractivity contribution in [3.63, 3.8) is 0 Å². The molecule has 1 saturated heterocycles. The van der Waals surface area contributed by atoms with Crippen molar-refractivity contribution >= 4 is 23.3 Å². The van der Waals surface area contributed by atoms with Crippen LogP contribution in [-0.4, -0.2) is 25.0 Å². The van der Waals surface area contributed by atoms with Gasteiger partial charge in [0.05, 0.1) is 0 Å². The summed E-state index contributed by atoms with van der Waals surface area (Å²) in [6.45, 7) is 5.38. The predicted octanol–water partition coefficient (Wildman–Crippen LogP) is 2.65. The second-order valence-electron chi connectivity index (χ2n) is 5.03. The zero-order valence-electron chi connectivity index (χ0n) is 12.0. The van der Waals surface area contributed by atoms with E-state index in [1.807, 2.05) is 32.0 Å². The predicted molar refractivity (Wildman–Crippen MR) is 80.1 cm³/mol. The molecule has 0 unspecified atom stereocenters. The molecule has 5 nitrogen and oxygen atoms in total. The Balaban J connectivity index is 2.12. The lowest BCUT2D eigenvalue weighted by atomic mass is 10.1. The third-order valence-corrected chi connectivity index (χ3v) is 3.37. The molecule has 0 atom stereocenters. The summed E-state index contributed by atoms with van der Waals surface area (Å²) in [5.41, 5.74) is 2.64. The van der Waals surface area contributed by atoms with Crippen LogP contribution in [0.5, 0.6) is 0 Å². The molecule has 1 aromatic rings. The molecule has 1 aromatic carbocycles. The summed E-state index contributed by atoms with van der Waals surface area (Å²) in [6, 6.07) is 5.43. The van der Waals surface area contributed by atoms with Gasteiger partial charge in [0.2, 0.25) is 5.91 Å². The van der Waals surface area contributed by atoms with Crippen LogP contribution in [0, 0.1) is 6.92 Å². The van der Waals surface area contributed by atoms with Crippen molar-refractivity contribution in [2.75, 3.05) is 23.3 Å². The van der Waals surface area contributed by atoms with E-state index in [4.69, 9.17) is 0 Å². The highest BCUT2D eigenvalue weighted by atomic mass is 16.2. The highest BCUT2D eigenvalue weighted by Crippen LogP contribution is 2.28. The van der Waals surface area contributed by atoms with Crippen molar-refractivity contribution in [1.29, 1.82) is 0 Å². The summed E-state index contributed by atoms with van der Waals surface area (Å²) in [5.74, 6) is 0.153. The van der Waals surface area contributed by atoms with E-state index in [1.54, 1.807) is 4.90 Å². The first-order valence-electron chi connectivity index (χ1n) is 7.07. The fourth-order valence-corrected chi connectivity index (χ4v) is 2.29. The smallest absolute Gasteiger partial charge is 0.319 e. The Morgan fingerprint density at radius 3 is 2.85 bits per heavy atom. The van der Waals surface area contributed by atoms with Crippen molar-refractivity contribution in [2.24, 2.45) is 0 Å². The van der Waals surface area contributed by atoms with Gasteiger partial charge < -0.3 is 15.5 Å². The molecule has 1 fully saturated rings. The highest BCUT2D eigenvalue weighted by Gasteiger charge is 2.23. The Hall–Kier alpha value is -2.04. The molecular formula is C15H21N3O2. The minimum atomic E-state index is -0.214. The minimum absolute atomic E-state index is 0.153. The molecule has 1 aliphatic heterocycles. The SMILES string of the molecule is CCCNC(=O)Nc1ccc(C)c(N2CCCC2=O)c1. The number of carbonyl (C=O) groups is 2. The zero-order chi connectivity index (χ0) is 14.5. The number of hydrogen-bond donors (Lipinski definition) is 2. The summed E-state index contributed by atoms with van der Waals surface area (Å²) < 4.78 is 0. The van der Waals surface area contributed by atoms with Crippen LogP contribution in [0.25, 0.3) is 0 Å². The van der Waals surface area contributed by atoms with Crippen molar-refractivity contribution in [3.8, 4) is 0 Å². The Bertz CT molecular complexity index is 514. The van der Waals surface area contributed by atoms with Crippen LogP contribution in [0.3, 0.4) is 0 Å². The number of urea groups is 1. The number of aryl methyl sites for hydroxylation is 1. The number of hydrogen-bond acceptors (Lipinski definition) is 2. The molecule has 2 rings (SSSR count). The number of anilines is 2. The first-order chi connectivity index (χ1) is 9.61. The van der Waals surface area contributed by atoms with E-state index in [2.05, 4.69) is 10.6 Å². The van der Waals surface area contributed by atoms with Crippen molar-refractivity contribution in [3.05, 3.63) is 23.8 Å². The van der Waals surface area contributed by atoms with E-state index in [0.717, 1.165) is 30.6 Å². The van der Waals surface area contributed by atoms with E-state index in [0.29, 0.717) is 18.7 Å². The summed E-state index contributed by atoms with van der Waals surface area (Å²) >= 11 is 0. The van der Waals surface area contributed by atoms with E-state index in [-0.39, 0.29) is 11.9 Å². The van der Waals surface area contributed by atoms with Gasteiger partial charge in [-0.15, -0.1) is 0 Å². The average molecular weight is 275 g/mol. The number of nitrogens with one attached hydrogen (secondary N) is 2. The number of amides is 3. The van der Waals surface area contributed by atoms with E-state index in [1.165, 1.54) is 0 Å². The van der Waals surface area contributed by atoms with Gasteiger partial charge in [0.1, 0.15) is 0 Å². The molecule has 0 aliphatic carbocycles. The first kappa shape index (κ1) is 14.4. The van der Waals surface area contributed by atoms with E-state index >= 15 is 0 Å². The largest absolute Gasteiger partial charge is 0.338 e. The molecule has 0 spiro atoms. The van der Waals surface area contributed by atoms with Crippen molar-refractivity contribution in [1.82, 2.24) is 5.32 Å². The molecule has 5 heteroatoms. The van der Waals surface area contributed by atoms with Crippen LogP contribution in [0.15, 0.2) is 18.2 Å². The Kier molecular flexibility index (Phi) is 4.61. The highest BCUT2D eigenvalue weighted by molar-refractivity contribution is 5.97. The van der Waals surface area contributed by atoms with Crippen LogP contribution in [0.1, 0.15) is 31.7 Å². The maximum Gasteiger partial charge on any atom is 0.319 e. The Labute approximate surface area is 119 Å². The Morgan fingerprint density at radius 1 is 1.40 bits per heavy atom. The quantitative estimate of drug-likeness (QED) is 0.887. The molecule has 1 aliphatic rings. The normalized spacial score (nSPS) is 14.5. The van der Waals surface area contributed by atoms with Gasteiger partial charge in [0.25, 0.3) is 0 Å². The van der Waals surface area contributed by atoms with Gasteiger partial charge in [-0.25, -0.2) is 4.79 Å². The fraction of sp³-hybridized carbons (Fsp3) is 0.467. The van der Waals surface area contributed by atoms with Crippen LogP contribution in [-0.2, 0) is 4.79 Å². The maximum atomic E-state index is 11.8. The second kappa shape index (κ2) is 6.41. The number of rotatable bonds is 4. The fourth-order valence-electron chi connectivity index (χ4n) is 2.29. The van der Waals surface area contributed by atoms with Gasteiger partial charge in [-0.1, -0.05) is 13.0 Å². The summed E-state index contributed by atoms with van der Waals surface area (Å²) in [7, 11) is 0. The van der Waals surface area contributed by atoms with Gasteiger partial charge >= 0.3 is 6.03 Å². The lowest BCUT2D eigenvalue weighted by Gasteiger charge is -2.19. The number of benzene rings is 1. The summed E-state index contributed by atoms with van der Waals surface area (Å²) in [6.07, 6.45) is 2.40. The van der Waals surface area contributed by atoms with Gasteiger partial charge in [-0.05, 0) is 37.5 Å². The molecule has 3 amide bonds. The maximum absolute atomic E-state index is 11.8. The van der Waals surface area contributed by atoms with Crippen LogP contribution < -0.4 is 15.5 Å². The van der Waals surface area contributed by atoms with Gasteiger partial charge in [-0.3, -0.25) is 4.79 Å². The number of carbonyl (C=O) groups excluding carboxylic acids is 2. The summed E-state index contributed by atoms with van der Waals surface area (Å²) in [4.78, 5) is 25.3. The zero-order valence-corrected chi connectivity index (χ0v) is 12.0. The van der Waals surface area contributed by atoms with E-state index in [9.17, 15) is 9.59 Å². The Morgan fingerprint density at radius 2 is 2.20 bits per heavy atom. The van der Waals surface area contributed by atoms with Gasteiger partial charge in [0, 0.05) is 30.9 Å². The van der Waals surface area contributed by atoms with Crippen LogP contribution in [0.4, 0.5) is 16.2 Å². The summed E-state index contributed by atoms with van der Waals surface area (Å²) in [5, 5.41) is 5.56. The molecule has 0 saturated carbocycles. The average Bonchev–Trinajstić information content (AvgIpc) is 2.85. The standard InChI is InChI=1S/C15H21N3O2/c1-3-8-16-15(20)17-12-7-6-11(2)13(10-12)18-9-4-5-14(18)19/h6-7,10H,3-5,8-9H2,1-2H3,(H2,16,17,20). The molecule has 0 bridgehead atoms. The van der Waals surface area contributed by atoms with Crippen LogP contribution in [0.2, 0.25) is 0 Å². The molecule has 0 radical (unpaired) electrons. The lowest BCUT2D eigenvalue weighted by Crippen LogP contribution is -2.29. The molecule has 20 heavy (non-hydrogen) atoms. The minimum Gasteiger partial charge on any atom is -0.338 e. The third-order valence-electron chi connectivity index (χ3n) is 3.37. The van der Waals surface area contributed by atoms with E-state index < -0.39 is 0 Å². The topological polar surface area (TPSA) is 61.4 Å². The molecule has 1 heterocycles. The molecular weight excluding hydrogens is 254 g/mol. The molecule has 0 aromatic heterocycles.